The van der Waals surface area contributed by atoms with E-state index in [2.05, 4.69) is 15.9 Å². The first-order valence-corrected chi connectivity index (χ1v) is 19.2. The molecule has 0 spiro atoms. The van der Waals surface area contributed by atoms with Gasteiger partial charge >= 0.3 is 0 Å². The monoisotopic (exact) mass is 812 g/mol. The highest BCUT2D eigenvalue weighted by atomic mass is 79.9. The molecule has 0 radical (unpaired) electrons. The number of hydrogen-bond donors (Lipinski definition) is 1. The first kappa shape index (κ1) is 34.1. The summed E-state index contributed by atoms with van der Waals surface area (Å²) in [5, 5.41) is 16.5. The number of carbonyl (C=O) groups excluding carboxylic acids is 4. The van der Waals surface area contributed by atoms with E-state index in [9.17, 15) is 24.3 Å². The third-order valence-corrected chi connectivity index (χ3v) is 13.9. The van der Waals surface area contributed by atoms with Gasteiger partial charge in [0, 0.05) is 33.2 Å². The zero-order valence-corrected chi connectivity index (χ0v) is 31.8. The summed E-state index contributed by atoms with van der Waals surface area (Å²) in [6, 6.07) is 18.4. The molecule has 0 bridgehead atoms. The lowest BCUT2D eigenvalue weighted by atomic mass is 9.51. The van der Waals surface area contributed by atoms with Crippen LogP contribution in [0.25, 0.3) is 20.7 Å². The highest BCUT2D eigenvalue weighted by Gasteiger charge is 2.68. The number of aromatic nitrogens is 2. The van der Waals surface area contributed by atoms with Crippen LogP contribution in [0.15, 0.2) is 82.9 Å². The smallest absolute Gasteiger partial charge is 0.242 e. The molecule has 9 nitrogen and oxygen atoms in total. The molecule has 53 heavy (non-hydrogen) atoms. The number of imide groups is 2. The van der Waals surface area contributed by atoms with Crippen LogP contribution in [0.4, 0.5) is 15.9 Å². The van der Waals surface area contributed by atoms with E-state index in [1.54, 1.807) is 61.7 Å². The van der Waals surface area contributed by atoms with Gasteiger partial charge in [-0.15, -0.1) is 11.3 Å². The third kappa shape index (κ3) is 4.81. The number of fused-ring (bicyclic) bond motifs is 5. The second-order valence-corrected chi connectivity index (χ2v) is 17.0. The maximum atomic E-state index is 15.1. The van der Waals surface area contributed by atoms with Crippen LogP contribution in [0.1, 0.15) is 36.8 Å². The van der Waals surface area contributed by atoms with E-state index in [1.807, 2.05) is 31.2 Å². The van der Waals surface area contributed by atoms with Crippen LogP contribution >= 0.6 is 38.9 Å². The number of phenolic OH excluding ortho intramolecular Hbond substituents is 1. The summed E-state index contributed by atoms with van der Waals surface area (Å²) in [4.78, 5) is 61.3. The number of benzene rings is 3. The first-order valence-electron chi connectivity index (χ1n) is 17.2. The Kier molecular flexibility index (Phi) is 7.68. The van der Waals surface area contributed by atoms with Crippen LogP contribution in [0.2, 0.25) is 5.02 Å². The van der Waals surface area contributed by atoms with Crippen molar-refractivity contribution in [1.29, 1.82) is 0 Å². The predicted octanol–water partition coefficient (Wildman–Crippen LogP) is 8.31. The number of allylic oxidation sites excluding steroid dienone is 2. The molecule has 4 amide bonds. The minimum absolute atomic E-state index is 0.149. The van der Waals surface area contributed by atoms with Crippen molar-refractivity contribution in [3.63, 3.8) is 0 Å². The van der Waals surface area contributed by atoms with Crippen molar-refractivity contribution in [3.8, 4) is 16.3 Å². The molecule has 2 aliphatic heterocycles. The summed E-state index contributed by atoms with van der Waals surface area (Å²) >= 11 is 11.2. The van der Waals surface area contributed by atoms with Crippen LogP contribution in [0.3, 0.4) is 0 Å². The van der Waals surface area contributed by atoms with E-state index >= 15 is 4.39 Å². The molecule has 3 fully saturated rings. The minimum atomic E-state index is -1.39. The summed E-state index contributed by atoms with van der Waals surface area (Å²) in [7, 11) is 1.68. The molecule has 2 aliphatic carbocycles. The first-order chi connectivity index (χ1) is 25.3. The second kappa shape index (κ2) is 11.9. The number of aryl methyl sites for hydroxylation is 2. The quantitative estimate of drug-likeness (QED) is 0.144. The number of anilines is 2. The number of hydrogen-bond acceptors (Lipinski definition) is 7. The molecular weight excluding hydrogens is 783 g/mol. The van der Waals surface area contributed by atoms with Crippen molar-refractivity contribution >= 4 is 84.1 Å². The van der Waals surface area contributed by atoms with Crippen molar-refractivity contribution in [2.75, 3.05) is 9.80 Å². The van der Waals surface area contributed by atoms with Crippen molar-refractivity contribution in [3.05, 3.63) is 105 Å². The number of carbonyl (C=O) groups is 4. The SMILES string of the molecule is Cc1c(-c2cc(N3C(=O)[C@@H]4C[C@@H]5C(=CC[C@@H]6C(=O)N(c7ccc(Br)cc7)C(=O)[C@@H]65)[C@H](c5ccc(O)c(F)c5)[C@]4(C)C3=O)n(C)n2)sc2ccc(Cl)cc12. The number of rotatable bonds is 4. The lowest BCUT2D eigenvalue weighted by Gasteiger charge is -2.49. The Morgan fingerprint density at radius 1 is 0.962 bits per heavy atom. The minimum Gasteiger partial charge on any atom is -0.505 e. The van der Waals surface area contributed by atoms with Gasteiger partial charge < -0.3 is 5.11 Å². The molecule has 1 saturated carbocycles. The Labute approximate surface area is 320 Å². The average Bonchev–Trinajstić information content (AvgIpc) is 3.80. The van der Waals surface area contributed by atoms with E-state index in [0.717, 1.165) is 30.6 Å². The molecule has 2 saturated heterocycles. The van der Waals surface area contributed by atoms with Crippen molar-refractivity contribution < 1.29 is 28.7 Å². The van der Waals surface area contributed by atoms with Crippen molar-refractivity contribution in [2.45, 2.75) is 32.6 Å². The summed E-state index contributed by atoms with van der Waals surface area (Å²) in [6.07, 6.45) is 2.32. The molecule has 2 aromatic heterocycles. The van der Waals surface area contributed by atoms with Crippen LogP contribution in [-0.2, 0) is 26.2 Å². The Hall–Kier alpha value is -4.65. The van der Waals surface area contributed by atoms with E-state index < -0.39 is 58.4 Å². The summed E-state index contributed by atoms with van der Waals surface area (Å²) in [5.74, 6) is -6.42. The Morgan fingerprint density at radius 3 is 2.45 bits per heavy atom. The fourth-order valence-electron chi connectivity index (χ4n) is 9.38. The summed E-state index contributed by atoms with van der Waals surface area (Å²) < 4.78 is 18.5. The number of amides is 4. The van der Waals surface area contributed by atoms with E-state index in [4.69, 9.17) is 16.7 Å². The molecule has 9 rings (SSSR count). The number of phenols is 1. The van der Waals surface area contributed by atoms with Crippen LogP contribution in [0.5, 0.6) is 5.75 Å². The van der Waals surface area contributed by atoms with Gasteiger partial charge in [0.1, 0.15) is 11.5 Å². The Balaban J connectivity index is 1.15. The van der Waals surface area contributed by atoms with Crippen LogP contribution in [0, 0.1) is 41.8 Å². The highest BCUT2D eigenvalue weighted by molar-refractivity contribution is 9.10. The zero-order chi connectivity index (χ0) is 37.2. The lowest BCUT2D eigenvalue weighted by Crippen LogP contribution is -2.49. The van der Waals surface area contributed by atoms with Gasteiger partial charge in [-0.1, -0.05) is 45.2 Å². The van der Waals surface area contributed by atoms with Crippen molar-refractivity contribution in [2.24, 2.45) is 36.1 Å². The van der Waals surface area contributed by atoms with Crippen molar-refractivity contribution in [1.82, 2.24) is 9.78 Å². The van der Waals surface area contributed by atoms with Crippen LogP contribution in [-0.4, -0.2) is 38.5 Å². The fourth-order valence-corrected chi connectivity index (χ4v) is 11.0. The van der Waals surface area contributed by atoms with Gasteiger partial charge in [-0.25, -0.2) is 9.29 Å². The molecule has 5 aromatic rings. The van der Waals surface area contributed by atoms with E-state index in [0.29, 0.717) is 27.8 Å². The largest absolute Gasteiger partial charge is 0.505 e. The van der Waals surface area contributed by atoms with Gasteiger partial charge in [-0.2, -0.15) is 5.10 Å². The molecule has 3 aromatic carbocycles. The third-order valence-electron chi connectivity index (χ3n) is 11.9. The Morgan fingerprint density at radius 2 is 1.72 bits per heavy atom. The van der Waals surface area contributed by atoms with Gasteiger partial charge in [0.25, 0.3) is 0 Å². The molecule has 6 atom stereocenters. The molecule has 13 heteroatoms. The van der Waals surface area contributed by atoms with Gasteiger partial charge in [-0.3, -0.25) is 28.8 Å². The Bertz CT molecular complexity index is 2500. The average molecular weight is 814 g/mol. The van der Waals surface area contributed by atoms with Gasteiger partial charge in [0.2, 0.25) is 23.6 Å². The zero-order valence-electron chi connectivity index (χ0n) is 28.6. The normalized spacial score (nSPS) is 26.7. The summed E-state index contributed by atoms with van der Waals surface area (Å²) in [6.45, 7) is 3.72. The highest BCUT2D eigenvalue weighted by Crippen LogP contribution is 2.64. The van der Waals surface area contributed by atoms with E-state index in [-0.39, 0.29) is 24.7 Å². The maximum Gasteiger partial charge on any atom is 0.242 e. The topological polar surface area (TPSA) is 113 Å². The molecule has 4 heterocycles. The number of aromatic hydroxyl groups is 1. The van der Waals surface area contributed by atoms with Gasteiger partial charge in [0.05, 0.1) is 33.7 Å². The van der Waals surface area contributed by atoms with Crippen LogP contribution < -0.4 is 9.80 Å². The predicted molar refractivity (Wildman–Crippen MR) is 203 cm³/mol. The number of halogens is 3. The van der Waals surface area contributed by atoms with Gasteiger partial charge in [0.15, 0.2) is 11.6 Å². The molecular formula is C40H31BrClFN4O5S. The molecule has 0 unspecified atom stereocenters. The van der Waals surface area contributed by atoms with Gasteiger partial charge in [-0.05, 0) is 104 Å². The standard InChI is InChI=1S/C40H31BrClFN4O5S/c1-18-25-15-21(42)7-13-31(25)53-35(18)29-17-32(45(3)44-29)47-37(50)27-16-26-23(34(40(27,2)39(47)52)19-4-12-30(48)28(43)14-19)10-11-24-33(26)38(51)46(36(24)49)22-8-5-20(41)6-9-22/h4-10,12-15,17,24,26-27,33-34,48H,11,16H2,1-3H3/t24-,26+,27-,33-,34-,40+/m0/s1. The lowest BCUT2D eigenvalue weighted by molar-refractivity contribution is -0.131. The summed E-state index contributed by atoms with van der Waals surface area (Å²) in [5.41, 5.74) is 1.77. The fraction of sp³-hybridized carbons (Fsp3) is 0.275. The molecule has 4 aliphatic rings. The van der Waals surface area contributed by atoms with E-state index in [1.165, 1.54) is 26.6 Å². The maximum absolute atomic E-state index is 15.1. The number of thiophene rings is 1. The second-order valence-electron chi connectivity index (χ2n) is 14.6. The number of nitrogens with zero attached hydrogens (tertiary/aromatic N) is 4. The molecule has 268 valence electrons. The molecule has 1 N–H and O–H groups in total.